The van der Waals surface area contributed by atoms with Crippen LogP contribution in [-0.2, 0) is 83.9 Å². The van der Waals surface area contributed by atoms with E-state index in [1.54, 1.807) is 45.9 Å². The number of halogens is 1. The molecule has 4 rings (SSSR count). The number of ether oxygens (including phenoxy) is 5. The molecule has 1 aliphatic heterocycles. The van der Waals surface area contributed by atoms with Gasteiger partial charge in [0.25, 0.3) is 16.0 Å². The van der Waals surface area contributed by atoms with Crippen LogP contribution in [0.5, 0.6) is 0 Å². The molecule has 0 spiro atoms. The maximum atomic E-state index is 13.9. The number of esters is 3. The van der Waals surface area contributed by atoms with E-state index in [1.165, 1.54) is 44.6 Å². The molecule has 0 radical (unpaired) electrons. The van der Waals surface area contributed by atoms with Crippen LogP contribution in [-0.4, -0.2) is 189 Å². The zero-order chi connectivity index (χ0) is 68.4. The number of nitrogens with one attached hydrogen (secondary N) is 5. The molecule has 35 heteroatoms. The monoisotopic (exact) mass is 1360 g/mol. The van der Waals surface area contributed by atoms with Gasteiger partial charge in [0.15, 0.2) is 0 Å². The summed E-state index contributed by atoms with van der Waals surface area (Å²) in [5.41, 5.74) is 1.88. The van der Waals surface area contributed by atoms with Crippen molar-refractivity contribution < 1.29 is 164 Å². The van der Waals surface area contributed by atoms with Crippen molar-refractivity contribution in [1.82, 2.24) is 20.7 Å². The molecular weight excluding hydrogens is 1280 g/mol. The predicted octanol–water partition coefficient (Wildman–Crippen LogP) is -3.68. The maximum absolute atomic E-state index is 13.9. The Labute approximate surface area is 580 Å². The van der Waals surface area contributed by atoms with Gasteiger partial charge >= 0.3 is 90.6 Å². The summed E-state index contributed by atoms with van der Waals surface area (Å²) in [7, 11) is -9.38. The van der Waals surface area contributed by atoms with Gasteiger partial charge in [-0.15, -0.1) is 0 Å². The number of carbonyl (C=O) groups excluding carboxylic acids is 7. The molecule has 3 aromatic carbocycles. The van der Waals surface area contributed by atoms with Crippen molar-refractivity contribution in [2.75, 3.05) is 84.5 Å². The second kappa shape index (κ2) is 44.8. The average molecular weight is 1370 g/mol. The summed E-state index contributed by atoms with van der Waals surface area (Å²) in [6.07, 6.45) is 2.47. The molecule has 6 atom stereocenters. The summed E-state index contributed by atoms with van der Waals surface area (Å²) in [5, 5.41) is 56.5. The van der Waals surface area contributed by atoms with Crippen LogP contribution in [0.25, 0.3) is 0 Å². The van der Waals surface area contributed by atoms with Crippen molar-refractivity contribution in [3.63, 3.8) is 0 Å². The van der Waals surface area contributed by atoms with Gasteiger partial charge in [-0.2, -0.15) is 8.42 Å². The minimum Gasteiger partial charge on any atom is -0.465 e. The summed E-state index contributed by atoms with van der Waals surface area (Å²) < 4.78 is 101. The van der Waals surface area contributed by atoms with Crippen LogP contribution in [0.4, 0.5) is 10.1 Å². The van der Waals surface area contributed by atoms with Crippen LogP contribution < -0.4 is 93.8 Å². The molecule has 0 fully saturated rings. The van der Waals surface area contributed by atoms with Crippen molar-refractivity contribution in [2.24, 2.45) is 35.5 Å². The summed E-state index contributed by atoms with van der Waals surface area (Å²) >= 11 is 0. The van der Waals surface area contributed by atoms with Crippen molar-refractivity contribution in [1.29, 1.82) is 0 Å². The zero-order valence-corrected chi connectivity index (χ0v) is 58.3. The molecule has 0 aromatic heterocycles. The topological polar surface area (TPSA) is 425 Å². The first-order valence-electron chi connectivity index (χ1n) is 29.5. The molecule has 3 aromatic rings. The van der Waals surface area contributed by atoms with Gasteiger partial charge in [-0.3, -0.25) is 38.1 Å². The molecule has 1 aliphatic rings. The fraction of sp³-hybridized carbons (Fsp3) is 0.561. The Kier molecular flexibility index (Phi) is 41.5. The first-order chi connectivity index (χ1) is 42.9. The number of benzene rings is 3. The summed E-state index contributed by atoms with van der Waals surface area (Å²) in [6.45, 7) is 12.0. The predicted molar refractivity (Wildman–Crippen MR) is 334 cm³/mol. The van der Waals surface area contributed by atoms with E-state index in [0.717, 1.165) is 17.7 Å². The van der Waals surface area contributed by atoms with Gasteiger partial charge in [-0.25, -0.2) is 17.5 Å². The number of carbonyl (C=O) groups is 7. The smallest absolute Gasteiger partial charge is 0.465 e. The summed E-state index contributed by atoms with van der Waals surface area (Å²) in [4.78, 5) is 85.3. The number of sulfonamides is 1. The van der Waals surface area contributed by atoms with E-state index in [9.17, 15) is 59.8 Å². The molecule has 0 aliphatic carbocycles. The molecule has 4 amide bonds. The molecule has 0 saturated carbocycles. The Morgan fingerprint density at radius 2 is 1.08 bits per heavy atom. The van der Waals surface area contributed by atoms with E-state index in [0.29, 0.717) is 63.1 Å². The zero-order valence-electron chi connectivity index (χ0n) is 53.5. The Bertz CT molecular complexity index is 3040. The molecule has 28 nitrogen and oxygen atoms in total. The number of hydrogen-bond donors (Lipinski definition) is 11. The molecular formula is C57H87B3FKN5O23S2+. The van der Waals surface area contributed by atoms with Gasteiger partial charge in [-0.05, 0) is 103 Å². The number of amides is 4. The fourth-order valence-electron chi connectivity index (χ4n) is 8.62. The van der Waals surface area contributed by atoms with Crippen LogP contribution in [0.1, 0.15) is 102 Å². The molecule has 11 N–H and O–H groups in total. The van der Waals surface area contributed by atoms with E-state index in [-0.39, 0.29) is 161 Å². The van der Waals surface area contributed by atoms with E-state index in [4.69, 9.17) is 53.0 Å². The van der Waals surface area contributed by atoms with Gasteiger partial charge in [-0.1, -0.05) is 65.8 Å². The standard InChI is InChI=1S/C20H30BFN2O7.C19H31BN2O8S.C18H26BNO8S.K/c1-4-14(20(27)31-10-9-30-3)11-13(2)18(25)23-7-8-24-19(26)16-6-5-15(21(28)29)12-17(16)22;1-4-15(19(24)30-12-11-29-3)13-14(2)18(23)21-9-10-22-31(27,28)17-7-5-16(6-8-17)20(25)26;1-3-13(18(22)27-7-4-8-29(24,25)26)9-12(2)17(21)20-15-6-5-14-11-28-19(23)16(14)10-15;/h5-6,12-14,28-29H,4,7-11H2,1-3H3,(H,23,25)(H,24,26);5-8,14-15,22,25-26H,4,9-13H2,1-3H3,(H,21,23);5-6,10,12-13,23H,3-4,7-9,11H2,1-2H3,(H,20,21)(H,24,25,26);/q;;;+1. The molecule has 92 heavy (non-hydrogen) atoms. The van der Waals surface area contributed by atoms with Crippen molar-refractivity contribution in [2.45, 2.75) is 98.0 Å². The number of hydrogen-bond acceptors (Lipinski definition) is 22. The molecule has 0 bridgehead atoms. The van der Waals surface area contributed by atoms with Gasteiger partial charge in [0.05, 0.1) is 60.4 Å². The quantitative estimate of drug-likeness (QED) is 0.00871. The fourth-order valence-corrected chi connectivity index (χ4v) is 10.1. The van der Waals surface area contributed by atoms with Crippen molar-refractivity contribution >= 4 is 105 Å². The van der Waals surface area contributed by atoms with Crippen LogP contribution in [0.3, 0.4) is 0 Å². The number of rotatable bonds is 37. The average Bonchev–Trinajstić information content (AvgIpc) is 1.58. The van der Waals surface area contributed by atoms with Gasteiger partial charge in [0.2, 0.25) is 27.7 Å². The van der Waals surface area contributed by atoms with E-state index < -0.39 is 100 Å². The first-order valence-corrected chi connectivity index (χ1v) is 32.6. The van der Waals surface area contributed by atoms with Crippen LogP contribution in [0.15, 0.2) is 65.6 Å². The molecule has 0 saturated heterocycles. The van der Waals surface area contributed by atoms with E-state index >= 15 is 0 Å². The molecule has 506 valence electrons. The minimum absolute atomic E-state index is 0. The molecule has 1 heterocycles. The third-order valence-electron chi connectivity index (χ3n) is 14.1. The second-order valence-corrected chi connectivity index (χ2v) is 24.6. The SMILES string of the molecule is CCC(CC(C)C(=O)NCCNC(=O)c1ccc(B(O)O)cc1F)C(=O)OCCOC.CCC(CC(C)C(=O)NCCNS(=O)(=O)c1ccc(B(O)O)cc1)C(=O)OCCOC.CCC(CC(C)C(=O)Nc1ccc2c(c1)B(O)OC2)C(=O)OCCCS(=O)(=O)O.[K+]. The third-order valence-corrected chi connectivity index (χ3v) is 16.4. The van der Waals surface area contributed by atoms with Crippen molar-refractivity contribution in [3.05, 3.63) is 77.6 Å². The van der Waals surface area contributed by atoms with Crippen LogP contribution >= 0.6 is 0 Å². The summed E-state index contributed by atoms with van der Waals surface area (Å²) in [5.74, 6) is -6.79. The first kappa shape index (κ1) is 85.2. The van der Waals surface area contributed by atoms with Crippen molar-refractivity contribution in [3.8, 4) is 0 Å². The summed E-state index contributed by atoms with van der Waals surface area (Å²) in [6, 6.07) is 13.5. The molecule has 6 unspecified atom stereocenters. The van der Waals surface area contributed by atoms with E-state index in [2.05, 4.69) is 26.0 Å². The Morgan fingerprint density at radius 1 is 0.620 bits per heavy atom. The maximum Gasteiger partial charge on any atom is 1.00 e. The van der Waals surface area contributed by atoms with Crippen LogP contribution in [0, 0.1) is 41.3 Å². The largest absolute Gasteiger partial charge is 1.00 e. The number of anilines is 1. The number of methoxy groups -OCH3 is 2. The Morgan fingerprint density at radius 3 is 1.53 bits per heavy atom. The Hall–Kier alpha value is -4.79. The van der Waals surface area contributed by atoms with Gasteiger partial charge < -0.3 is 74.7 Å². The van der Waals surface area contributed by atoms with E-state index in [1.807, 2.05) is 13.8 Å². The van der Waals surface area contributed by atoms with Crippen LogP contribution in [0.2, 0.25) is 0 Å². The third kappa shape index (κ3) is 32.1. The Balaban J connectivity index is 0.000000687. The minimum atomic E-state index is -4.08. The number of fused-ring (bicyclic) bond motifs is 1. The normalized spacial score (nSPS) is 13.6. The van der Waals surface area contributed by atoms with Gasteiger partial charge in [0.1, 0.15) is 19.0 Å². The second-order valence-electron chi connectivity index (χ2n) is 21.2. The van der Waals surface area contributed by atoms with Gasteiger partial charge in [0, 0.05) is 63.8 Å².